The maximum atomic E-state index is 12.2. The second kappa shape index (κ2) is 11.6. The molecule has 0 atom stereocenters. The van der Waals surface area contributed by atoms with Crippen LogP contribution in [0, 0.1) is 13.8 Å². The number of morpholine rings is 1. The number of ether oxygens (including phenoxy) is 2. The van der Waals surface area contributed by atoms with Crippen LogP contribution in [0.15, 0.2) is 46.0 Å². The molecular weight excluding hydrogens is 476 g/mol. The van der Waals surface area contributed by atoms with Crippen molar-refractivity contribution in [1.82, 2.24) is 10.3 Å². The normalized spacial score (nSPS) is 13.8. The smallest absolute Gasteiger partial charge is 0.260 e. The van der Waals surface area contributed by atoms with Gasteiger partial charge in [0.15, 0.2) is 6.61 Å². The van der Waals surface area contributed by atoms with Crippen LogP contribution in [0.5, 0.6) is 5.75 Å². The van der Waals surface area contributed by atoms with Crippen molar-refractivity contribution in [2.45, 2.75) is 13.8 Å². The number of nitrogens with zero attached hydrogens (tertiary/aromatic N) is 2. The number of hydrogen-bond acceptors (Lipinski definition) is 6. The number of rotatable bonds is 8. The first-order valence-electron chi connectivity index (χ1n) is 10.3. The van der Waals surface area contributed by atoms with Crippen molar-refractivity contribution in [2.75, 3.05) is 44.8 Å². The number of carbonyl (C=O) groups is 2. The molecule has 2 amide bonds. The van der Waals surface area contributed by atoms with Crippen LogP contribution >= 0.6 is 15.9 Å². The number of carbonyl (C=O) groups excluding carboxylic acids is 2. The first-order valence-corrected chi connectivity index (χ1v) is 11.1. The molecule has 0 bridgehead atoms. The fourth-order valence-electron chi connectivity index (χ4n) is 3.01. The summed E-state index contributed by atoms with van der Waals surface area (Å²) in [4.78, 5) is 25.9. The van der Waals surface area contributed by atoms with E-state index in [0.29, 0.717) is 36.5 Å². The van der Waals surface area contributed by atoms with Crippen molar-refractivity contribution in [2.24, 2.45) is 5.10 Å². The predicted molar refractivity (Wildman–Crippen MR) is 127 cm³/mol. The third-order valence-corrected chi connectivity index (χ3v) is 5.65. The Bertz CT molecular complexity index is 990. The van der Waals surface area contributed by atoms with Crippen LogP contribution in [-0.4, -0.2) is 62.4 Å². The lowest BCUT2D eigenvalue weighted by Crippen LogP contribution is -2.43. The molecule has 32 heavy (non-hydrogen) atoms. The van der Waals surface area contributed by atoms with Gasteiger partial charge in [-0.2, -0.15) is 5.10 Å². The minimum absolute atomic E-state index is 0.0321. The van der Waals surface area contributed by atoms with Gasteiger partial charge in [-0.15, -0.1) is 0 Å². The average molecular weight is 503 g/mol. The van der Waals surface area contributed by atoms with Crippen molar-refractivity contribution in [1.29, 1.82) is 0 Å². The molecule has 9 heteroatoms. The van der Waals surface area contributed by atoms with E-state index in [1.807, 2.05) is 32.0 Å². The van der Waals surface area contributed by atoms with E-state index in [9.17, 15) is 9.59 Å². The lowest BCUT2D eigenvalue weighted by Gasteiger charge is -2.26. The van der Waals surface area contributed by atoms with E-state index in [0.717, 1.165) is 16.8 Å². The number of hydrogen-bond donors (Lipinski definition) is 2. The number of amides is 2. The minimum Gasteiger partial charge on any atom is -0.483 e. The second-order valence-corrected chi connectivity index (χ2v) is 8.27. The Kier molecular flexibility index (Phi) is 8.64. The summed E-state index contributed by atoms with van der Waals surface area (Å²) in [6.45, 7) is 6.45. The lowest BCUT2D eigenvalue weighted by atomic mass is 10.1. The van der Waals surface area contributed by atoms with Gasteiger partial charge in [-0.25, -0.2) is 5.43 Å². The predicted octanol–water partition coefficient (Wildman–Crippen LogP) is 2.87. The Hall–Kier alpha value is -2.91. The van der Waals surface area contributed by atoms with Crippen LogP contribution < -0.4 is 15.5 Å². The van der Waals surface area contributed by atoms with E-state index in [-0.39, 0.29) is 25.0 Å². The van der Waals surface area contributed by atoms with Crippen LogP contribution in [0.1, 0.15) is 16.7 Å². The zero-order valence-corrected chi connectivity index (χ0v) is 19.8. The lowest BCUT2D eigenvalue weighted by molar-refractivity contribution is -0.137. The molecule has 3 rings (SSSR count). The first kappa shape index (κ1) is 23.7. The summed E-state index contributed by atoms with van der Waals surface area (Å²) in [5.41, 5.74) is 6.52. The summed E-state index contributed by atoms with van der Waals surface area (Å²) in [5, 5.41) is 7.07. The third kappa shape index (κ3) is 7.06. The second-order valence-electron chi connectivity index (χ2n) is 7.42. The van der Waals surface area contributed by atoms with Crippen molar-refractivity contribution >= 4 is 39.6 Å². The van der Waals surface area contributed by atoms with Crippen molar-refractivity contribution < 1.29 is 19.1 Å². The highest BCUT2D eigenvalue weighted by atomic mass is 79.9. The van der Waals surface area contributed by atoms with Crippen LogP contribution in [0.2, 0.25) is 0 Å². The zero-order chi connectivity index (χ0) is 22.9. The number of aryl methyl sites for hydroxylation is 2. The highest BCUT2D eigenvalue weighted by Gasteiger charge is 2.17. The maximum absolute atomic E-state index is 12.2. The van der Waals surface area contributed by atoms with Gasteiger partial charge in [0.1, 0.15) is 5.75 Å². The van der Waals surface area contributed by atoms with E-state index in [4.69, 9.17) is 9.47 Å². The van der Waals surface area contributed by atoms with Gasteiger partial charge < -0.3 is 19.7 Å². The van der Waals surface area contributed by atoms with E-state index < -0.39 is 0 Å². The van der Waals surface area contributed by atoms with Gasteiger partial charge in [-0.3, -0.25) is 9.59 Å². The van der Waals surface area contributed by atoms with Crippen LogP contribution in [0.3, 0.4) is 0 Å². The first-order chi connectivity index (χ1) is 15.4. The molecule has 0 aromatic heterocycles. The summed E-state index contributed by atoms with van der Waals surface area (Å²) in [5.74, 6) is 0.244. The van der Waals surface area contributed by atoms with Gasteiger partial charge in [0.25, 0.3) is 11.8 Å². The van der Waals surface area contributed by atoms with Crippen molar-refractivity contribution in [3.63, 3.8) is 0 Å². The van der Waals surface area contributed by atoms with Crippen LogP contribution in [0.4, 0.5) is 5.69 Å². The number of benzene rings is 2. The molecule has 0 spiro atoms. The molecule has 2 aromatic carbocycles. The molecule has 1 saturated heterocycles. The zero-order valence-electron chi connectivity index (χ0n) is 18.2. The summed E-state index contributed by atoms with van der Waals surface area (Å²) in [6.07, 6.45) is 1.54. The van der Waals surface area contributed by atoms with Gasteiger partial charge in [-0.1, -0.05) is 6.07 Å². The Labute approximate surface area is 196 Å². The molecule has 2 aromatic rings. The largest absolute Gasteiger partial charge is 0.483 e. The van der Waals surface area contributed by atoms with Gasteiger partial charge in [0.2, 0.25) is 0 Å². The molecule has 0 aliphatic carbocycles. The highest BCUT2D eigenvalue weighted by Crippen LogP contribution is 2.25. The molecule has 0 unspecified atom stereocenters. The van der Waals surface area contributed by atoms with Crippen molar-refractivity contribution in [3.05, 3.63) is 57.6 Å². The maximum Gasteiger partial charge on any atom is 0.260 e. The Balaban J connectivity index is 1.44. The van der Waals surface area contributed by atoms with E-state index >= 15 is 0 Å². The number of anilines is 1. The number of hydrazone groups is 1. The molecule has 1 aliphatic heterocycles. The molecule has 1 aliphatic rings. The number of halogens is 1. The van der Waals surface area contributed by atoms with Gasteiger partial charge in [0.05, 0.1) is 30.4 Å². The molecule has 0 radical (unpaired) electrons. The van der Waals surface area contributed by atoms with Crippen LogP contribution in [-0.2, 0) is 14.3 Å². The summed E-state index contributed by atoms with van der Waals surface area (Å²) in [6, 6.07) is 11.3. The van der Waals surface area contributed by atoms with E-state index in [1.165, 1.54) is 5.56 Å². The average Bonchev–Trinajstić information content (AvgIpc) is 2.79. The Morgan fingerprint density at radius 1 is 1.16 bits per heavy atom. The molecule has 2 N–H and O–H groups in total. The molecule has 170 valence electrons. The topological polar surface area (TPSA) is 92.3 Å². The monoisotopic (exact) mass is 502 g/mol. The fraction of sp³-hybridized carbons (Fsp3) is 0.348. The molecule has 0 saturated carbocycles. The molecule has 8 nitrogen and oxygen atoms in total. The van der Waals surface area contributed by atoms with Crippen LogP contribution in [0.25, 0.3) is 0 Å². The molecular formula is C23H27BrN4O4. The van der Waals surface area contributed by atoms with E-state index in [2.05, 4.69) is 31.8 Å². The number of nitrogens with one attached hydrogen (secondary N) is 2. The van der Waals surface area contributed by atoms with Gasteiger partial charge >= 0.3 is 0 Å². The molecule has 1 fully saturated rings. The summed E-state index contributed by atoms with van der Waals surface area (Å²) >= 11 is 3.45. The standard InChI is InChI=1S/C23H27BrN4O4/c1-16-3-5-19(11-17(16)2)25-14-22(29)27-26-13-18-4-6-21(20(24)12-18)32-15-23(30)28-7-9-31-10-8-28/h3-6,11-13,25H,7-10,14-15H2,1-2H3,(H,27,29)/b26-13-. The summed E-state index contributed by atoms with van der Waals surface area (Å²) in [7, 11) is 0. The minimum atomic E-state index is -0.250. The van der Waals surface area contributed by atoms with E-state index in [1.54, 1.807) is 29.3 Å². The van der Waals surface area contributed by atoms with Gasteiger partial charge in [0, 0.05) is 18.8 Å². The Morgan fingerprint density at radius 2 is 1.94 bits per heavy atom. The van der Waals surface area contributed by atoms with Gasteiger partial charge in [-0.05, 0) is 76.8 Å². The third-order valence-electron chi connectivity index (χ3n) is 5.03. The highest BCUT2D eigenvalue weighted by molar-refractivity contribution is 9.10. The summed E-state index contributed by atoms with van der Waals surface area (Å²) < 4.78 is 11.6. The van der Waals surface area contributed by atoms with Crippen molar-refractivity contribution in [3.8, 4) is 5.75 Å². The molecule has 1 heterocycles. The Morgan fingerprint density at radius 3 is 2.66 bits per heavy atom. The fourth-order valence-corrected chi connectivity index (χ4v) is 3.52. The SMILES string of the molecule is Cc1ccc(NCC(=O)N/N=C\c2ccc(OCC(=O)N3CCOCC3)c(Br)c2)cc1C. The quantitative estimate of drug-likeness (QED) is 0.427.